The van der Waals surface area contributed by atoms with Crippen LogP contribution in [0.4, 0.5) is 0 Å². The average molecular weight is 372 g/mol. The van der Waals surface area contributed by atoms with Gasteiger partial charge in [0, 0.05) is 43.3 Å². The molecule has 0 aliphatic carbocycles. The standard InChI is InChI=1S/C20H25N3O2S/c1-2-23-10-6-20(7-11-23)16-13-18(26-17(16)5-12-25-20)19(24)22-14-15-3-8-21-9-4-15/h3-4,8-9,13H,2,5-7,10-12,14H2,1H3,(H,22,24). The molecule has 4 rings (SSSR count). The van der Waals surface area contributed by atoms with Crippen molar-refractivity contribution >= 4 is 17.2 Å². The van der Waals surface area contributed by atoms with Gasteiger partial charge in [-0.2, -0.15) is 0 Å². The number of nitrogens with zero attached hydrogens (tertiary/aromatic N) is 2. The van der Waals surface area contributed by atoms with E-state index in [2.05, 4.69) is 28.2 Å². The van der Waals surface area contributed by atoms with Gasteiger partial charge in [-0.3, -0.25) is 9.78 Å². The first kappa shape index (κ1) is 17.6. The van der Waals surface area contributed by atoms with Crippen molar-refractivity contribution in [1.29, 1.82) is 0 Å². The molecule has 2 aromatic heterocycles. The van der Waals surface area contributed by atoms with Crippen LogP contribution in [0.15, 0.2) is 30.6 Å². The van der Waals surface area contributed by atoms with Crippen LogP contribution in [0, 0.1) is 0 Å². The lowest BCUT2D eigenvalue weighted by Crippen LogP contribution is -2.46. The molecule has 2 aliphatic heterocycles. The van der Waals surface area contributed by atoms with Crippen molar-refractivity contribution in [3.8, 4) is 0 Å². The summed E-state index contributed by atoms with van der Waals surface area (Å²) < 4.78 is 6.29. The Morgan fingerprint density at radius 1 is 1.35 bits per heavy atom. The third-order valence-electron chi connectivity index (χ3n) is 5.54. The molecule has 0 radical (unpaired) electrons. The summed E-state index contributed by atoms with van der Waals surface area (Å²) in [7, 11) is 0. The lowest BCUT2D eigenvalue weighted by molar-refractivity contribution is -0.0964. The topological polar surface area (TPSA) is 54.5 Å². The molecular weight excluding hydrogens is 346 g/mol. The molecule has 0 atom stereocenters. The van der Waals surface area contributed by atoms with Gasteiger partial charge < -0.3 is 15.0 Å². The number of hydrogen-bond acceptors (Lipinski definition) is 5. The Morgan fingerprint density at radius 2 is 2.12 bits per heavy atom. The third kappa shape index (κ3) is 3.41. The van der Waals surface area contributed by atoms with E-state index in [1.807, 2.05) is 12.1 Å². The minimum absolute atomic E-state index is 0.00218. The molecule has 0 aromatic carbocycles. The van der Waals surface area contributed by atoms with Gasteiger partial charge in [0.25, 0.3) is 5.91 Å². The highest BCUT2D eigenvalue weighted by atomic mass is 32.1. The molecule has 0 unspecified atom stereocenters. The van der Waals surface area contributed by atoms with E-state index in [1.54, 1.807) is 23.7 Å². The number of likely N-dealkylation sites (tertiary alicyclic amines) is 1. The molecule has 4 heterocycles. The quantitative estimate of drug-likeness (QED) is 0.898. The molecular formula is C20H25N3O2S. The number of fused-ring (bicyclic) bond motifs is 2. The van der Waals surface area contributed by atoms with Crippen molar-refractivity contribution in [2.24, 2.45) is 0 Å². The number of rotatable bonds is 4. The molecule has 26 heavy (non-hydrogen) atoms. The van der Waals surface area contributed by atoms with Crippen molar-refractivity contribution in [3.63, 3.8) is 0 Å². The highest BCUT2D eigenvalue weighted by Crippen LogP contribution is 2.44. The number of piperidine rings is 1. The maximum absolute atomic E-state index is 12.6. The largest absolute Gasteiger partial charge is 0.370 e. The van der Waals surface area contributed by atoms with Gasteiger partial charge >= 0.3 is 0 Å². The van der Waals surface area contributed by atoms with Crippen molar-refractivity contribution < 1.29 is 9.53 Å². The van der Waals surface area contributed by atoms with Crippen LogP contribution < -0.4 is 5.32 Å². The highest BCUT2D eigenvalue weighted by Gasteiger charge is 2.42. The number of thiophene rings is 1. The van der Waals surface area contributed by atoms with E-state index < -0.39 is 0 Å². The zero-order chi connectivity index (χ0) is 18.0. The molecule has 0 saturated carbocycles. The maximum atomic E-state index is 12.6. The average Bonchev–Trinajstić information content (AvgIpc) is 3.14. The van der Waals surface area contributed by atoms with Crippen LogP contribution in [0.25, 0.3) is 0 Å². The summed E-state index contributed by atoms with van der Waals surface area (Å²) in [4.78, 5) is 21.2. The van der Waals surface area contributed by atoms with Crippen LogP contribution in [-0.2, 0) is 23.3 Å². The number of carbonyl (C=O) groups is 1. The Morgan fingerprint density at radius 3 is 2.85 bits per heavy atom. The molecule has 2 aromatic rings. The van der Waals surface area contributed by atoms with E-state index in [-0.39, 0.29) is 11.5 Å². The highest BCUT2D eigenvalue weighted by molar-refractivity contribution is 7.14. The predicted molar refractivity (Wildman–Crippen MR) is 102 cm³/mol. The lowest BCUT2D eigenvalue weighted by Gasteiger charge is -2.43. The SMILES string of the molecule is CCN1CCC2(CC1)OCCc1sc(C(=O)NCc3ccncc3)cc12. The van der Waals surface area contributed by atoms with Crippen LogP contribution >= 0.6 is 11.3 Å². The summed E-state index contributed by atoms with van der Waals surface area (Å²) in [5.74, 6) is 0.00218. The van der Waals surface area contributed by atoms with Crippen LogP contribution in [0.3, 0.4) is 0 Å². The van der Waals surface area contributed by atoms with Crippen molar-refractivity contribution in [2.75, 3.05) is 26.2 Å². The zero-order valence-corrected chi connectivity index (χ0v) is 16.0. The summed E-state index contributed by atoms with van der Waals surface area (Å²) in [6.45, 7) is 6.72. The number of nitrogens with one attached hydrogen (secondary N) is 1. The number of ether oxygens (including phenoxy) is 1. The summed E-state index contributed by atoms with van der Waals surface area (Å²) in [5.41, 5.74) is 2.14. The molecule has 1 N–H and O–H groups in total. The molecule has 1 amide bonds. The molecule has 5 nitrogen and oxygen atoms in total. The molecule has 6 heteroatoms. The van der Waals surface area contributed by atoms with Gasteiger partial charge in [-0.1, -0.05) is 6.92 Å². The fraction of sp³-hybridized carbons (Fsp3) is 0.500. The summed E-state index contributed by atoms with van der Waals surface area (Å²) in [5, 5.41) is 3.03. The molecule has 1 saturated heterocycles. The van der Waals surface area contributed by atoms with Gasteiger partial charge in [-0.05, 0) is 48.7 Å². The van der Waals surface area contributed by atoms with Crippen LogP contribution in [0.5, 0.6) is 0 Å². The fourth-order valence-corrected chi connectivity index (χ4v) is 5.09. The number of hydrogen-bond donors (Lipinski definition) is 1. The summed E-state index contributed by atoms with van der Waals surface area (Å²) in [6, 6.07) is 5.93. The van der Waals surface area contributed by atoms with E-state index in [9.17, 15) is 4.79 Å². The zero-order valence-electron chi connectivity index (χ0n) is 15.2. The normalized spacial score (nSPS) is 19.3. The third-order valence-corrected chi connectivity index (χ3v) is 6.74. The van der Waals surface area contributed by atoms with E-state index in [4.69, 9.17) is 4.74 Å². The minimum atomic E-state index is -0.181. The smallest absolute Gasteiger partial charge is 0.261 e. The second kappa shape index (κ2) is 7.47. The summed E-state index contributed by atoms with van der Waals surface area (Å²) in [6.07, 6.45) is 6.44. The molecule has 1 spiro atoms. The molecule has 2 aliphatic rings. The Hall–Kier alpha value is -1.76. The van der Waals surface area contributed by atoms with Crippen LogP contribution in [-0.4, -0.2) is 42.0 Å². The number of pyridine rings is 1. The van der Waals surface area contributed by atoms with Gasteiger partial charge in [-0.15, -0.1) is 11.3 Å². The Kier molecular flexibility index (Phi) is 5.07. The minimum Gasteiger partial charge on any atom is -0.370 e. The van der Waals surface area contributed by atoms with Crippen molar-refractivity contribution in [2.45, 2.75) is 38.3 Å². The van der Waals surface area contributed by atoms with E-state index in [1.165, 1.54) is 10.4 Å². The Bertz CT molecular complexity index is 767. The number of carbonyl (C=O) groups excluding carboxylic acids is 1. The van der Waals surface area contributed by atoms with E-state index in [0.29, 0.717) is 6.54 Å². The number of aromatic nitrogens is 1. The van der Waals surface area contributed by atoms with Gasteiger partial charge in [-0.25, -0.2) is 0 Å². The van der Waals surface area contributed by atoms with Gasteiger partial charge in [0.2, 0.25) is 0 Å². The molecule has 138 valence electrons. The first-order chi connectivity index (χ1) is 12.7. The fourth-order valence-electron chi connectivity index (χ4n) is 3.94. The molecule has 1 fully saturated rings. The molecule has 0 bridgehead atoms. The monoisotopic (exact) mass is 371 g/mol. The van der Waals surface area contributed by atoms with Crippen molar-refractivity contribution in [3.05, 3.63) is 51.5 Å². The van der Waals surface area contributed by atoms with Crippen LogP contribution in [0.1, 0.15) is 45.4 Å². The Balaban J connectivity index is 1.49. The maximum Gasteiger partial charge on any atom is 0.261 e. The number of amides is 1. The summed E-state index contributed by atoms with van der Waals surface area (Å²) >= 11 is 1.63. The van der Waals surface area contributed by atoms with Crippen molar-refractivity contribution in [1.82, 2.24) is 15.2 Å². The first-order valence-corrected chi connectivity index (χ1v) is 10.2. The lowest BCUT2D eigenvalue weighted by atomic mass is 9.82. The van der Waals surface area contributed by atoms with E-state index in [0.717, 1.165) is 55.9 Å². The first-order valence-electron chi connectivity index (χ1n) is 9.37. The second-order valence-corrected chi connectivity index (χ2v) is 8.15. The van der Waals surface area contributed by atoms with Gasteiger partial charge in [0.1, 0.15) is 0 Å². The van der Waals surface area contributed by atoms with Gasteiger partial charge in [0.05, 0.1) is 17.1 Å². The van der Waals surface area contributed by atoms with Gasteiger partial charge in [0.15, 0.2) is 0 Å². The van der Waals surface area contributed by atoms with Crippen LogP contribution in [0.2, 0.25) is 0 Å². The Labute approximate surface area is 158 Å². The predicted octanol–water partition coefficient (Wildman–Crippen LogP) is 2.96. The van der Waals surface area contributed by atoms with E-state index >= 15 is 0 Å². The second-order valence-electron chi connectivity index (χ2n) is 7.01.